The Morgan fingerprint density at radius 2 is 2.22 bits per heavy atom. The van der Waals surface area contributed by atoms with E-state index in [2.05, 4.69) is 15.3 Å². The number of nitrogens with zero attached hydrogens (tertiary/aromatic N) is 2. The number of aliphatic hydroxyl groups is 1. The first-order valence-electron chi connectivity index (χ1n) is 5.29. The first-order chi connectivity index (χ1) is 8.56. The second kappa shape index (κ2) is 5.29. The number of aliphatic hydroxyl groups excluding tert-OH is 1. The number of halogens is 2. The highest BCUT2D eigenvalue weighted by Gasteiger charge is 2.09. The summed E-state index contributed by atoms with van der Waals surface area (Å²) in [5.74, 6) is -0.548. The molecule has 0 aliphatic heterocycles. The van der Waals surface area contributed by atoms with Crippen LogP contribution in [0.3, 0.4) is 0 Å². The molecule has 18 heavy (non-hydrogen) atoms. The third-order valence-electron chi connectivity index (χ3n) is 2.23. The Kier molecular flexibility index (Phi) is 3.74. The van der Waals surface area contributed by atoms with Gasteiger partial charge in [0.2, 0.25) is 5.28 Å². The van der Waals surface area contributed by atoms with Crippen molar-refractivity contribution < 1.29 is 9.50 Å². The van der Waals surface area contributed by atoms with E-state index >= 15 is 0 Å². The Bertz CT molecular complexity index is 563. The van der Waals surface area contributed by atoms with Crippen molar-refractivity contribution in [1.29, 1.82) is 0 Å². The van der Waals surface area contributed by atoms with Gasteiger partial charge in [-0.3, -0.25) is 0 Å². The summed E-state index contributed by atoms with van der Waals surface area (Å²) in [6.45, 7) is 1.59. The van der Waals surface area contributed by atoms with E-state index in [9.17, 15) is 9.50 Å². The molecule has 2 N–H and O–H groups in total. The Balaban J connectivity index is 2.41. The van der Waals surface area contributed by atoms with Gasteiger partial charge in [-0.25, -0.2) is 14.4 Å². The topological polar surface area (TPSA) is 58.0 Å². The molecule has 0 aliphatic rings. The largest absolute Gasteiger partial charge is 0.374 e. The molecule has 4 nitrogen and oxygen atoms in total. The van der Waals surface area contributed by atoms with E-state index in [0.717, 1.165) is 6.20 Å². The van der Waals surface area contributed by atoms with Crippen LogP contribution in [0, 0.1) is 5.82 Å². The standard InChI is InChI=1S/C12H11ClFN3O/c1-7(18)16-9-4-2-3-8(5-9)11-10(14)6-15-12(13)17-11/h2-7,16,18H,1H3. The SMILES string of the molecule is CC(O)Nc1cccc(-c2nc(Cl)ncc2F)c1. The summed E-state index contributed by atoms with van der Waals surface area (Å²) < 4.78 is 13.6. The lowest BCUT2D eigenvalue weighted by Gasteiger charge is -2.10. The van der Waals surface area contributed by atoms with Gasteiger partial charge in [-0.15, -0.1) is 0 Å². The first-order valence-corrected chi connectivity index (χ1v) is 5.67. The van der Waals surface area contributed by atoms with Crippen molar-refractivity contribution in [1.82, 2.24) is 9.97 Å². The van der Waals surface area contributed by atoms with Crippen molar-refractivity contribution in [2.45, 2.75) is 13.2 Å². The summed E-state index contributed by atoms with van der Waals surface area (Å²) in [5, 5.41) is 12.0. The van der Waals surface area contributed by atoms with Gasteiger partial charge >= 0.3 is 0 Å². The van der Waals surface area contributed by atoms with E-state index in [1.807, 2.05) is 0 Å². The highest BCUT2D eigenvalue weighted by Crippen LogP contribution is 2.24. The monoisotopic (exact) mass is 267 g/mol. The van der Waals surface area contributed by atoms with Crippen molar-refractivity contribution in [3.05, 3.63) is 41.6 Å². The molecule has 1 aromatic heterocycles. The van der Waals surface area contributed by atoms with Crippen LogP contribution in [0.1, 0.15) is 6.92 Å². The average Bonchev–Trinajstić information content (AvgIpc) is 2.32. The van der Waals surface area contributed by atoms with Crippen LogP contribution in [0.25, 0.3) is 11.3 Å². The van der Waals surface area contributed by atoms with Crippen LogP contribution in [0.4, 0.5) is 10.1 Å². The molecule has 1 aromatic carbocycles. The van der Waals surface area contributed by atoms with Gasteiger partial charge in [0.05, 0.1) is 6.20 Å². The molecular weight excluding hydrogens is 257 g/mol. The number of hydrogen-bond acceptors (Lipinski definition) is 4. The third kappa shape index (κ3) is 2.94. The maximum absolute atomic E-state index is 13.6. The number of benzene rings is 1. The van der Waals surface area contributed by atoms with Gasteiger partial charge in [0.25, 0.3) is 0 Å². The van der Waals surface area contributed by atoms with Crippen LogP contribution >= 0.6 is 11.6 Å². The Morgan fingerprint density at radius 3 is 2.94 bits per heavy atom. The lowest BCUT2D eigenvalue weighted by Crippen LogP contribution is -2.13. The minimum Gasteiger partial charge on any atom is -0.374 e. The highest BCUT2D eigenvalue weighted by molar-refractivity contribution is 6.28. The van der Waals surface area contributed by atoms with E-state index < -0.39 is 12.0 Å². The first kappa shape index (κ1) is 12.7. The fraction of sp³-hybridized carbons (Fsp3) is 0.167. The lowest BCUT2D eigenvalue weighted by molar-refractivity contribution is 0.224. The van der Waals surface area contributed by atoms with E-state index in [1.165, 1.54) is 0 Å². The van der Waals surface area contributed by atoms with Crippen molar-refractivity contribution >= 4 is 17.3 Å². The number of aromatic nitrogens is 2. The molecule has 2 rings (SSSR count). The van der Waals surface area contributed by atoms with Gasteiger partial charge in [-0.05, 0) is 30.7 Å². The third-order valence-corrected chi connectivity index (χ3v) is 2.41. The van der Waals surface area contributed by atoms with Gasteiger partial charge in [0.15, 0.2) is 5.82 Å². The maximum Gasteiger partial charge on any atom is 0.223 e. The van der Waals surface area contributed by atoms with Crippen molar-refractivity contribution in [2.75, 3.05) is 5.32 Å². The molecular formula is C12H11ClFN3O. The lowest BCUT2D eigenvalue weighted by atomic mass is 10.1. The number of rotatable bonds is 3. The molecule has 0 radical (unpaired) electrons. The zero-order chi connectivity index (χ0) is 13.1. The van der Waals surface area contributed by atoms with Crippen molar-refractivity contribution in [3.63, 3.8) is 0 Å². The molecule has 0 saturated heterocycles. The van der Waals surface area contributed by atoms with Crippen LogP contribution < -0.4 is 5.32 Å². The summed E-state index contributed by atoms with van der Waals surface area (Å²) in [4.78, 5) is 7.41. The van der Waals surface area contributed by atoms with Crippen molar-refractivity contribution in [2.24, 2.45) is 0 Å². The van der Waals surface area contributed by atoms with Gasteiger partial charge in [0.1, 0.15) is 11.9 Å². The minimum atomic E-state index is -0.695. The molecule has 0 amide bonds. The summed E-state index contributed by atoms with van der Waals surface area (Å²) in [6, 6.07) is 6.87. The summed E-state index contributed by atoms with van der Waals surface area (Å²) in [7, 11) is 0. The predicted octanol–water partition coefficient (Wildman–Crippen LogP) is 2.69. The van der Waals surface area contributed by atoms with Crippen LogP contribution in [0.15, 0.2) is 30.5 Å². The predicted molar refractivity (Wildman–Crippen MR) is 67.7 cm³/mol. The molecule has 94 valence electrons. The van der Waals surface area contributed by atoms with Crippen LogP contribution in [-0.2, 0) is 0 Å². The van der Waals surface area contributed by atoms with Crippen LogP contribution in [-0.4, -0.2) is 21.3 Å². The molecule has 0 bridgehead atoms. The molecule has 0 aliphatic carbocycles. The molecule has 6 heteroatoms. The molecule has 0 spiro atoms. The smallest absolute Gasteiger partial charge is 0.223 e. The molecule has 1 unspecified atom stereocenters. The second-order valence-corrected chi connectivity index (χ2v) is 4.07. The Hall–Kier alpha value is -1.72. The summed E-state index contributed by atoms with van der Waals surface area (Å²) >= 11 is 5.65. The molecule has 0 saturated carbocycles. The van der Waals surface area contributed by atoms with Gasteiger partial charge in [-0.1, -0.05) is 12.1 Å². The van der Waals surface area contributed by atoms with Crippen LogP contribution in [0.5, 0.6) is 0 Å². The fourth-order valence-corrected chi connectivity index (χ4v) is 1.68. The highest BCUT2D eigenvalue weighted by atomic mass is 35.5. The quantitative estimate of drug-likeness (QED) is 0.663. The van der Waals surface area contributed by atoms with Gasteiger partial charge < -0.3 is 10.4 Å². The Labute approximate surface area is 108 Å². The summed E-state index contributed by atoms with van der Waals surface area (Å²) in [6.07, 6.45) is 0.332. The number of anilines is 1. The second-order valence-electron chi connectivity index (χ2n) is 3.74. The zero-order valence-corrected chi connectivity index (χ0v) is 10.3. The normalized spacial score (nSPS) is 12.2. The van der Waals surface area contributed by atoms with E-state index in [0.29, 0.717) is 11.3 Å². The fourth-order valence-electron chi connectivity index (χ4n) is 1.55. The molecule has 1 heterocycles. The molecule has 1 atom stereocenters. The van der Waals surface area contributed by atoms with E-state index in [-0.39, 0.29) is 11.0 Å². The van der Waals surface area contributed by atoms with Gasteiger partial charge in [0, 0.05) is 11.3 Å². The van der Waals surface area contributed by atoms with E-state index in [1.54, 1.807) is 31.2 Å². The van der Waals surface area contributed by atoms with E-state index in [4.69, 9.17) is 11.6 Å². The number of hydrogen-bond donors (Lipinski definition) is 2. The minimum absolute atomic E-state index is 0.0136. The molecule has 0 fully saturated rings. The summed E-state index contributed by atoms with van der Waals surface area (Å²) in [5.41, 5.74) is 1.35. The molecule has 2 aromatic rings. The zero-order valence-electron chi connectivity index (χ0n) is 9.56. The van der Waals surface area contributed by atoms with Crippen molar-refractivity contribution in [3.8, 4) is 11.3 Å². The van der Waals surface area contributed by atoms with Crippen LogP contribution in [0.2, 0.25) is 5.28 Å². The Morgan fingerprint density at radius 1 is 1.44 bits per heavy atom. The maximum atomic E-state index is 13.6. The van der Waals surface area contributed by atoms with Gasteiger partial charge in [-0.2, -0.15) is 0 Å². The average molecular weight is 268 g/mol. The number of nitrogens with one attached hydrogen (secondary N) is 1.